The minimum Gasteiger partial charge on any atom is -0.395 e. The molecule has 0 aliphatic carbocycles. The summed E-state index contributed by atoms with van der Waals surface area (Å²) in [7, 11) is 0. The van der Waals surface area contributed by atoms with Gasteiger partial charge in [0.25, 0.3) is 0 Å². The molecule has 0 spiro atoms. The molecule has 0 aromatic carbocycles. The van der Waals surface area contributed by atoms with Gasteiger partial charge in [-0.2, -0.15) is 0 Å². The summed E-state index contributed by atoms with van der Waals surface area (Å²) in [6.45, 7) is 8.10. The monoisotopic (exact) mass is 266 g/mol. The second-order valence-corrected chi connectivity index (χ2v) is 4.58. The van der Waals surface area contributed by atoms with E-state index in [2.05, 4.69) is 41.0 Å². The average molecular weight is 266 g/mol. The Balaban J connectivity index is 2.88. The second kappa shape index (κ2) is 8.69. The third kappa shape index (κ3) is 4.67. The molecular formula is C14H26N4O. The van der Waals surface area contributed by atoms with Crippen LogP contribution in [-0.2, 0) is 0 Å². The van der Waals surface area contributed by atoms with E-state index in [-0.39, 0.29) is 6.61 Å². The number of anilines is 2. The number of hydrogen-bond donors (Lipinski definition) is 2. The van der Waals surface area contributed by atoms with Crippen LogP contribution in [-0.4, -0.2) is 40.8 Å². The van der Waals surface area contributed by atoms with Crippen molar-refractivity contribution in [3.8, 4) is 0 Å². The van der Waals surface area contributed by atoms with Crippen molar-refractivity contribution in [2.24, 2.45) is 0 Å². The summed E-state index contributed by atoms with van der Waals surface area (Å²) in [5.74, 6) is 1.73. The Labute approximate surface area is 116 Å². The highest BCUT2D eigenvalue weighted by atomic mass is 16.3. The zero-order chi connectivity index (χ0) is 14.1. The molecule has 0 aliphatic rings. The van der Waals surface area contributed by atoms with Crippen LogP contribution in [0, 0.1) is 0 Å². The maximum atomic E-state index is 9.25. The molecule has 1 aromatic rings. The van der Waals surface area contributed by atoms with Gasteiger partial charge >= 0.3 is 0 Å². The van der Waals surface area contributed by atoms with Crippen molar-refractivity contribution in [1.29, 1.82) is 0 Å². The first-order valence-electron chi connectivity index (χ1n) is 7.20. The zero-order valence-electron chi connectivity index (χ0n) is 12.3. The number of nitrogens with zero attached hydrogens (tertiary/aromatic N) is 3. The van der Waals surface area contributed by atoms with Crippen molar-refractivity contribution in [2.75, 3.05) is 29.9 Å². The predicted octanol–water partition coefficient (Wildman–Crippen LogP) is 2.29. The lowest BCUT2D eigenvalue weighted by atomic mass is 10.1. The van der Waals surface area contributed by atoms with Crippen LogP contribution >= 0.6 is 0 Å². The molecular weight excluding hydrogens is 240 g/mol. The van der Waals surface area contributed by atoms with Crippen LogP contribution in [0.15, 0.2) is 12.4 Å². The summed E-state index contributed by atoms with van der Waals surface area (Å²) in [4.78, 5) is 10.7. The molecule has 5 nitrogen and oxygen atoms in total. The van der Waals surface area contributed by atoms with Gasteiger partial charge in [-0.15, -0.1) is 0 Å². The van der Waals surface area contributed by atoms with Crippen LogP contribution < -0.4 is 10.2 Å². The van der Waals surface area contributed by atoms with Gasteiger partial charge in [0, 0.05) is 25.2 Å². The van der Waals surface area contributed by atoms with Gasteiger partial charge in [-0.25, -0.2) is 9.97 Å². The molecule has 0 unspecified atom stereocenters. The van der Waals surface area contributed by atoms with Crippen molar-refractivity contribution < 1.29 is 5.11 Å². The summed E-state index contributed by atoms with van der Waals surface area (Å²) in [5, 5.41) is 12.5. The molecule has 19 heavy (non-hydrogen) atoms. The molecule has 5 heteroatoms. The minimum atomic E-state index is 0.137. The van der Waals surface area contributed by atoms with Crippen molar-refractivity contribution in [1.82, 2.24) is 9.97 Å². The Bertz CT molecular complexity index is 355. The molecule has 1 rings (SSSR count). The molecule has 0 radical (unpaired) electrons. The highest BCUT2D eigenvalue weighted by Gasteiger charge is 2.16. The molecule has 0 aliphatic heterocycles. The molecule has 2 N–H and O–H groups in total. The first-order chi connectivity index (χ1) is 9.26. The highest BCUT2D eigenvalue weighted by molar-refractivity contribution is 5.49. The lowest BCUT2D eigenvalue weighted by Crippen LogP contribution is -2.37. The van der Waals surface area contributed by atoms with E-state index < -0.39 is 0 Å². The minimum absolute atomic E-state index is 0.137. The molecule has 0 saturated heterocycles. The maximum Gasteiger partial charge on any atom is 0.134 e. The molecule has 1 aromatic heterocycles. The van der Waals surface area contributed by atoms with Gasteiger partial charge in [0.05, 0.1) is 6.61 Å². The fourth-order valence-electron chi connectivity index (χ4n) is 2.18. The second-order valence-electron chi connectivity index (χ2n) is 4.58. The molecule has 0 bridgehead atoms. The van der Waals surface area contributed by atoms with E-state index in [1.54, 1.807) is 6.33 Å². The number of aromatic nitrogens is 2. The van der Waals surface area contributed by atoms with Crippen LogP contribution in [0.25, 0.3) is 0 Å². The van der Waals surface area contributed by atoms with E-state index in [4.69, 9.17) is 0 Å². The van der Waals surface area contributed by atoms with E-state index in [0.29, 0.717) is 12.6 Å². The van der Waals surface area contributed by atoms with E-state index in [9.17, 15) is 5.11 Å². The van der Waals surface area contributed by atoms with E-state index in [1.165, 1.54) is 0 Å². The fraction of sp³-hybridized carbons (Fsp3) is 0.714. The van der Waals surface area contributed by atoms with Crippen molar-refractivity contribution in [3.63, 3.8) is 0 Å². The van der Waals surface area contributed by atoms with Gasteiger partial charge in [-0.3, -0.25) is 0 Å². The highest BCUT2D eigenvalue weighted by Crippen LogP contribution is 2.19. The van der Waals surface area contributed by atoms with Gasteiger partial charge in [0.15, 0.2) is 0 Å². The van der Waals surface area contributed by atoms with Gasteiger partial charge < -0.3 is 15.3 Å². The normalized spacial score (nSPS) is 10.8. The molecule has 0 atom stereocenters. The lowest BCUT2D eigenvalue weighted by molar-refractivity contribution is 0.295. The van der Waals surface area contributed by atoms with Gasteiger partial charge in [0.2, 0.25) is 0 Å². The smallest absolute Gasteiger partial charge is 0.134 e. The van der Waals surface area contributed by atoms with E-state index in [1.807, 2.05) is 6.07 Å². The Hall–Kier alpha value is -1.36. The standard InChI is InChI=1S/C14H26N4O/c1-4-7-15-13-10-14(17-11-16-13)18(8-9-19)12(5-2)6-3/h10-12,19H,4-9H2,1-3H3,(H,15,16,17). The largest absolute Gasteiger partial charge is 0.395 e. The molecule has 0 amide bonds. The van der Waals surface area contributed by atoms with Gasteiger partial charge in [0.1, 0.15) is 18.0 Å². The Morgan fingerprint density at radius 1 is 1.26 bits per heavy atom. The topological polar surface area (TPSA) is 61.3 Å². The van der Waals surface area contributed by atoms with Crippen molar-refractivity contribution >= 4 is 11.6 Å². The number of nitrogens with one attached hydrogen (secondary N) is 1. The average Bonchev–Trinajstić information content (AvgIpc) is 2.45. The van der Waals surface area contributed by atoms with Crippen LogP contribution in [0.1, 0.15) is 40.0 Å². The summed E-state index contributed by atoms with van der Waals surface area (Å²) in [6, 6.07) is 2.37. The van der Waals surface area contributed by atoms with Crippen molar-refractivity contribution in [3.05, 3.63) is 12.4 Å². The number of hydrogen-bond acceptors (Lipinski definition) is 5. The molecule has 1 heterocycles. The number of aliphatic hydroxyl groups is 1. The summed E-state index contributed by atoms with van der Waals surface area (Å²) >= 11 is 0. The van der Waals surface area contributed by atoms with Crippen molar-refractivity contribution in [2.45, 2.75) is 46.1 Å². The van der Waals surface area contributed by atoms with Gasteiger partial charge in [-0.1, -0.05) is 20.8 Å². The van der Waals surface area contributed by atoms with Crippen LogP contribution in [0.4, 0.5) is 11.6 Å². The van der Waals surface area contributed by atoms with E-state index >= 15 is 0 Å². The zero-order valence-corrected chi connectivity index (χ0v) is 12.3. The Morgan fingerprint density at radius 3 is 2.58 bits per heavy atom. The fourth-order valence-corrected chi connectivity index (χ4v) is 2.18. The van der Waals surface area contributed by atoms with Crippen LogP contribution in [0.3, 0.4) is 0 Å². The van der Waals surface area contributed by atoms with E-state index in [0.717, 1.165) is 37.4 Å². The molecule has 108 valence electrons. The molecule has 0 fully saturated rings. The summed E-state index contributed by atoms with van der Waals surface area (Å²) in [5.41, 5.74) is 0. The summed E-state index contributed by atoms with van der Waals surface area (Å²) < 4.78 is 0. The quantitative estimate of drug-likeness (QED) is 0.718. The first-order valence-corrected chi connectivity index (χ1v) is 7.20. The predicted molar refractivity (Wildman–Crippen MR) is 79.6 cm³/mol. The lowest BCUT2D eigenvalue weighted by Gasteiger charge is -2.31. The first kappa shape index (κ1) is 15.7. The summed E-state index contributed by atoms with van der Waals surface area (Å²) in [6.07, 6.45) is 4.72. The number of aliphatic hydroxyl groups excluding tert-OH is 1. The maximum absolute atomic E-state index is 9.25. The SMILES string of the molecule is CCCNc1cc(N(CCO)C(CC)CC)ncn1. The Kier molecular flexibility index (Phi) is 7.18. The Morgan fingerprint density at radius 2 is 2.00 bits per heavy atom. The molecule has 0 saturated carbocycles. The third-order valence-corrected chi connectivity index (χ3v) is 3.23. The number of rotatable bonds is 9. The van der Waals surface area contributed by atoms with Crippen LogP contribution in [0.5, 0.6) is 0 Å². The van der Waals surface area contributed by atoms with Crippen LogP contribution in [0.2, 0.25) is 0 Å². The van der Waals surface area contributed by atoms with Gasteiger partial charge in [-0.05, 0) is 19.3 Å². The third-order valence-electron chi connectivity index (χ3n) is 3.23.